The molecule has 0 bridgehead atoms. The number of aryl methyl sites for hydroxylation is 1. The molecule has 15 heavy (non-hydrogen) atoms. The van der Waals surface area contributed by atoms with Crippen LogP contribution in [0.1, 0.15) is 18.9 Å². The Hall–Kier alpha value is -1.70. The summed E-state index contributed by atoms with van der Waals surface area (Å²) in [6, 6.07) is 8.72. The minimum atomic E-state index is 0.232. The number of phenolic OH excluding ortho intramolecular Hbond substituents is 2. The minimum absolute atomic E-state index is 0.232. The first-order chi connectivity index (χ1) is 7.20. The van der Waals surface area contributed by atoms with Gasteiger partial charge in [0.1, 0.15) is 11.5 Å². The summed E-state index contributed by atoms with van der Waals surface area (Å²) in [4.78, 5) is 0. The van der Waals surface area contributed by atoms with E-state index in [4.69, 9.17) is 0 Å². The zero-order valence-electron chi connectivity index (χ0n) is 8.70. The first-order valence-corrected chi connectivity index (χ1v) is 5.15. The second-order valence-corrected chi connectivity index (χ2v) is 3.76. The van der Waals surface area contributed by atoms with E-state index >= 15 is 0 Å². The number of rotatable bonds is 2. The maximum atomic E-state index is 9.55. The Kier molecular flexibility index (Phi) is 2.50. The predicted octanol–water partition coefficient (Wildman–Crippen LogP) is 3.20. The van der Waals surface area contributed by atoms with Crippen molar-refractivity contribution in [1.29, 1.82) is 0 Å². The highest BCUT2D eigenvalue weighted by atomic mass is 16.3. The predicted molar refractivity (Wildman–Crippen MR) is 61.3 cm³/mol. The van der Waals surface area contributed by atoms with Gasteiger partial charge in [-0.15, -0.1) is 0 Å². The van der Waals surface area contributed by atoms with Crippen molar-refractivity contribution in [2.24, 2.45) is 0 Å². The molecule has 0 fully saturated rings. The summed E-state index contributed by atoms with van der Waals surface area (Å²) in [5.41, 5.74) is 1.13. The number of aromatic hydroxyl groups is 2. The lowest BCUT2D eigenvalue weighted by Crippen LogP contribution is -1.86. The summed E-state index contributed by atoms with van der Waals surface area (Å²) in [5, 5.41) is 20.9. The van der Waals surface area contributed by atoms with Gasteiger partial charge in [0.15, 0.2) is 0 Å². The molecular weight excluding hydrogens is 188 g/mol. The summed E-state index contributed by atoms with van der Waals surface area (Å²) < 4.78 is 0. The van der Waals surface area contributed by atoms with E-state index in [-0.39, 0.29) is 11.5 Å². The summed E-state index contributed by atoms with van der Waals surface area (Å²) in [5.74, 6) is 0.493. The molecule has 2 aromatic rings. The molecule has 0 saturated carbocycles. The smallest absolute Gasteiger partial charge is 0.116 e. The van der Waals surface area contributed by atoms with Crippen molar-refractivity contribution >= 4 is 10.8 Å². The maximum Gasteiger partial charge on any atom is 0.116 e. The molecule has 0 heterocycles. The monoisotopic (exact) mass is 202 g/mol. The lowest BCUT2D eigenvalue weighted by Gasteiger charge is -2.07. The molecule has 2 N–H and O–H groups in total. The Morgan fingerprint density at radius 3 is 2.47 bits per heavy atom. The Morgan fingerprint density at radius 1 is 1.00 bits per heavy atom. The van der Waals surface area contributed by atoms with Crippen molar-refractivity contribution in [1.82, 2.24) is 0 Å². The number of hydrogen-bond acceptors (Lipinski definition) is 2. The van der Waals surface area contributed by atoms with Gasteiger partial charge in [-0.05, 0) is 47.0 Å². The molecule has 0 radical (unpaired) electrons. The normalized spacial score (nSPS) is 10.7. The molecule has 2 aromatic carbocycles. The molecule has 0 aromatic heterocycles. The first-order valence-electron chi connectivity index (χ1n) is 5.15. The zero-order valence-corrected chi connectivity index (χ0v) is 8.70. The van der Waals surface area contributed by atoms with E-state index in [9.17, 15) is 10.2 Å². The van der Waals surface area contributed by atoms with Gasteiger partial charge in [-0.1, -0.05) is 19.4 Å². The average Bonchev–Trinajstić information content (AvgIpc) is 2.17. The SMILES string of the molecule is CCCc1cc(O)cc2cc(O)ccc12. The molecule has 2 nitrogen and oxygen atoms in total. The van der Waals surface area contributed by atoms with Gasteiger partial charge in [0.05, 0.1) is 0 Å². The van der Waals surface area contributed by atoms with Crippen molar-refractivity contribution in [3.8, 4) is 11.5 Å². The fraction of sp³-hybridized carbons (Fsp3) is 0.231. The van der Waals surface area contributed by atoms with Gasteiger partial charge in [0.25, 0.3) is 0 Å². The third kappa shape index (κ3) is 1.89. The quantitative estimate of drug-likeness (QED) is 0.785. The van der Waals surface area contributed by atoms with E-state index < -0.39 is 0 Å². The van der Waals surface area contributed by atoms with E-state index in [2.05, 4.69) is 6.92 Å². The molecule has 0 aliphatic rings. The molecule has 0 amide bonds. The van der Waals surface area contributed by atoms with Crippen molar-refractivity contribution < 1.29 is 10.2 Å². The van der Waals surface area contributed by atoms with Crippen molar-refractivity contribution in [3.05, 3.63) is 35.9 Å². The summed E-state index contributed by atoms with van der Waals surface area (Å²) in [6.45, 7) is 2.11. The summed E-state index contributed by atoms with van der Waals surface area (Å²) in [7, 11) is 0. The zero-order chi connectivity index (χ0) is 10.8. The van der Waals surface area contributed by atoms with Gasteiger partial charge in [-0.2, -0.15) is 0 Å². The van der Waals surface area contributed by atoms with Crippen LogP contribution in [0.3, 0.4) is 0 Å². The highest BCUT2D eigenvalue weighted by Crippen LogP contribution is 2.28. The molecule has 0 atom stereocenters. The molecule has 78 valence electrons. The highest BCUT2D eigenvalue weighted by molar-refractivity contribution is 5.88. The van der Waals surface area contributed by atoms with E-state index in [0.29, 0.717) is 0 Å². The van der Waals surface area contributed by atoms with Crippen LogP contribution in [0, 0.1) is 0 Å². The summed E-state index contributed by atoms with van der Waals surface area (Å²) >= 11 is 0. The van der Waals surface area contributed by atoms with Crippen molar-refractivity contribution in [3.63, 3.8) is 0 Å². The third-order valence-corrected chi connectivity index (χ3v) is 2.53. The number of phenols is 2. The topological polar surface area (TPSA) is 40.5 Å². The van der Waals surface area contributed by atoms with Gasteiger partial charge < -0.3 is 10.2 Å². The Morgan fingerprint density at radius 2 is 1.73 bits per heavy atom. The lowest BCUT2D eigenvalue weighted by atomic mass is 10.0. The van der Waals surface area contributed by atoms with Gasteiger partial charge >= 0.3 is 0 Å². The van der Waals surface area contributed by atoms with E-state index in [1.807, 2.05) is 6.07 Å². The second kappa shape index (κ2) is 3.81. The fourth-order valence-electron chi connectivity index (χ4n) is 1.90. The Balaban J connectivity index is 2.68. The van der Waals surface area contributed by atoms with Crippen LogP contribution < -0.4 is 0 Å². The van der Waals surface area contributed by atoms with Crippen molar-refractivity contribution in [2.75, 3.05) is 0 Å². The van der Waals surface area contributed by atoms with Crippen LogP contribution in [-0.2, 0) is 6.42 Å². The van der Waals surface area contributed by atoms with Crippen molar-refractivity contribution in [2.45, 2.75) is 19.8 Å². The van der Waals surface area contributed by atoms with Gasteiger partial charge in [-0.25, -0.2) is 0 Å². The van der Waals surface area contributed by atoms with Crippen LogP contribution in [0.15, 0.2) is 30.3 Å². The second-order valence-electron chi connectivity index (χ2n) is 3.76. The van der Waals surface area contributed by atoms with E-state index in [1.54, 1.807) is 24.3 Å². The summed E-state index contributed by atoms with van der Waals surface area (Å²) in [6.07, 6.45) is 1.98. The fourth-order valence-corrected chi connectivity index (χ4v) is 1.90. The van der Waals surface area contributed by atoms with Gasteiger partial charge in [0.2, 0.25) is 0 Å². The van der Waals surface area contributed by atoms with Gasteiger partial charge in [-0.3, -0.25) is 0 Å². The van der Waals surface area contributed by atoms with Crippen LogP contribution in [0.4, 0.5) is 0 Å². The van der Waals surface area contributed by atoms with Crippen LogP contribution in [0.25, 0.3) is 10.8 Å². The number of fused-ring (bicyclic) bond motifs is 1. The standard InChI is InChI=1S/C13H14O2/c1-2-3-9-6-12(15)8-10-7-11(14)4-5-13(9)10/h4-8,14-15H,2-3H2,1H3. The molecule has 0 saturated heterocycles. The molecule has 2 rings (SSSR count). The van der Waals surface area contributed by atoms with Crippen LogP contribution in [-0.4, -0.2) is 10.2 Å². The molecule has 2 heteroatoms. The molecule has 0 spiro atoms. The molecule has 0 aliphatic heterocycles. The lowest BCUT2D eigenvalue weighted by molar-refractivity contribution is 0.474. The highest BCUT2D eigenvalue weighted by Gasteiger charge is 2.03. The van der Waals surface area contributed by atoms with Gasteiger partial charge in [0, 0.05) is 0 Å². The molecular formula is C13H14O2. The minimum Gasteiger partial charge on any atom is -0.508 e. The van der Waals surface area contributed by atoms with Crippen LogP contribution in [0.2, 0.25) is 0 Å². The Bertz CT molecular complexity index is 484. The largest absolute Gasteiger partial charge is 0.508 e. The number of benzene rings is 2. The maximum absolute atomic E-state index is 9.55. The van der Waals surface area contributed by atoms with Crippen LogP contribution >= 0.6 is 0 Å². The molecule has 0 aliphatic carbocycles. The molecule has 0 unspecified atom stereocenters. The van der Waals surface area contributed by atoms with E-state index in [0.717, 1.165) is 29.2 Å². The third-order valence-electron chi connectivity index (χ3n) is 2.53. The number of hydrogen-bond donors (Lipinski definition) is 2. The van der Waals surface area contributed by atoms with Crippen LogP contribution in [0.5, 0.6) is 11.5 Å². The Labute approximate surface area is 88.8 Å². The average molecular weight is 202 g/mol. The van der Waals surface area contributed by atoms with E-state index in [1.165, 1.54) is 0 Å². The first kappa shape index (κ1) is 9.84.